The number of hydrogen-bond acceptors (Lipinski definition) is 2. The van der Waals surface area contributed by atoms with Crippen LogP contribution in [0.15, 0.2) is 53.6 Å². The average Bonchev–Trinajstić information content (AvgIpc) is 2.32. The van der Waals surface area contributed by atoms with Gasteiger partial charge in [-0.3, -0.25) is 4.79 Å². The third-order valence-corrected chi connectivity index (χ3v) is 2.57. The maximum Gasteiger partial charge on any atom is 0.181 e. The lowest BCUT2D eigenvalue weighted by Gasteiger charge is -2.14. The van der Waals surface area contributed by atoms with Crippen LogP contribution in [0.1, 0.15) is 11.6 Å². The first-order valence-corrected chi connectivity index (χ1v) is 5.33. The lowest BCUT2D eigenvalue weighted by Crippen LogP contribution is -2.19. The van der Waals surface area contributed by atoms with E-state index in [9.17, 15) is 9.18 Å². The second-order valence-electron chi connectivity index (χ2n) is 3.86. The lowest BCUT2D eigenvalue weighted by molar-refractivity contribution is 0.530. The Morgan fingerprint density at radius 2 is 1.82 bits per heavy atom. The van der Waals surface area contributed by atoms with Crippen LogP contribution >= 0.6 is 0 Å². The highest BCUT2D eigenvalue weighted by atomic mass is 19.1. The highest BCUT2D eigenvalue weighted by Gasteiger charge is 2.10. The third kappa shape index (κ3) is 2.79. The van der Waals surface area contributed by atoms with Crippen molar-refractivity contribution in [1.82, 2.24) is 4.57 Å². The van der Waals surface area contributed by atoms with Gasteiger partial charge in [-0.2, -0.15) is 0 Å². The molecule has 1 atom stereocenters. The molecule has 0 spiro atoms. The zero-order valence-corrected chi connectivity index (χ0v) is 9.21. The number of halogens is 1. The van der Waals surface area contributed by atoms with Crippen LogP contribution in [0.5, 0.6) is 0 Å². The molecule has 0 aliphatic carbocycles. The van der Waals surface area contributed by atoms with Gasteiger partial charge in [0.2, 0.25) is 0 Å². The monoisotopic (exact) mass is 232 g/mol. The molecule has 0 bridgehead atoms. The molecule has 0 radical (unpaired) electrons. The topological polar surface area (TPSA) is 48.0 Å². The molecule has 4 heteroatoms. The molecule has 1 aromatic carbocycles. The molecule has 0 aliphatic rings. The second kappa shape index (κ2) is 4.93. The summed E-state index contributed by atoms with van der Waals surface area (Å²) in [4.78, 5) is 10.9. The van der Waals surface area contributed by atoms with E-state index in [0.717, 1.165) is 0 Å². The van der Waals surface area contributed by atoms with Crippen LogP contribution in [0, 0.1) is 5.82 Å². The fourth-order valence-corrected chi connectivity index (χ4v) is 1.67. The van der Waals surface area contributed by atoms with E-state index in [1.807, 2.05) is 0 Å². The summed E-state index contributed by atoms with van der Waals surface area (Å²) in [6, 6.07) is 8.92. The molecular weight excluding hydrogens is 219 g/mol. The fraction of sp³-hybridized carbons (Fsp3) is 0.154. The van der Waals surface area contributed by atoms with Crippen molar-refractivity contribution in [2.75, 3.05) is 0 Å². The minimum Gasteiger partial charge on any atom is -0.352 e. The molecule has 0 amide bonds. The summed E-state index contributed by atoms with van der Waals surface area (Å²) >= 11 is 0. The van der Waals surface area contributed by atoms with Gasteiger partial charge in [-0.05, 0) is 6.07 Å². The molecule has 0 saturated carbocycles. The minimum atomic E-state index is -0.432. The number of nitrogens with zero attached hydrogens (tertiary/aromatic N) is 1. The Kier molecular flexibility index (Phi) is 3.35. The fourth-order valence-electron chi connectivity index (χ4n) is 1.67. The Morgan fingerprint density at radius 1 is 1.18 bits per heavy atom. The van der Waals surface area contributed by atoms with Crippen molar-refractivity contribution < 1.29 is 4.39 Å². The van der Waals surface area contributed by atoms with E-state index in [2.05, 4.69) is 0 Å². The van der Waals surface area contributed by atoms with Gasteiger partial charge in [-0.15, -0.1) is 0 Å². The van der Waals surface area contributed by atoms with Gasteiger partial charge in [-0.1, -0.05) is 18.2 Å². The number of rotatable bonds is 3. The van der Waals surface area contributed by atoms with E-state index in [4.69, 9.17) is 5.73 Å². The van der Waals surface area contributed by atoms with Crippen molar-refractivity contribution in [3.8, 4) is 0 Å². The molecule has 2 rings (SSSR count). The molecular formula is C13H13FN2O. The number of aromatic nitrogens is 1. The van der Waals surface area contributed by atoms with Gasteiger partial charge < -0.3 is 10.3 Å². The van der Waals surface area contributed by atoms with E-state index < -0.39 is 6.04 Å². The molecule has 1 aromatic heterocycles. The first-order chi connectivity index (χ1) is 8.16. The Hall–Kier alpha value is -1.94. The van der Waals surface area contributed by atoms with Crippen molar-refractivity contribution >= 4 is 0 Å². The van der Waals surface area contributed by atoms with E-state index in [1.54, 1.807) is 35.2 Å². The van der Waals surface area contributed by atoms with E-state index in [-0.39, 0.29) is 11.2 Å². The van der Waals surface area contributed by atoms with Crippen LogP contribution in [-0.4, -0.2) is 4.57 Å². The standard InChI is InChI=1S/C13H13FN2O/c14-12-4-2-1-3-11(12)13(15)9-16-7-5-10(17)6-8-16/h1-8,13H,9,15H2. The largest absolute Gasteiger partial charge is 0.352 e. The smallest absolute Gasteiger partial charge is 0.181 e. The van der Waals surface area contributed by atoms with Crippen molar-refractivity contribution in [1.29, 1.82) is 0 Å². The molecule has 17 heavy (non-hydrogen) atoms. The summed E-state index contributed by atoms with van der Waals surface area (Å²) in [6.07, 6.45) is 3.28. The molecule has 3 nitrogen and oxygen atoms in total. The van der Waals surface area contributed by atoms with Crippen LogP contribution in [0.3, 0.4) is 0 Å². The summed E-state index contributed by atoms with van der Waals surface area (Å²) < 4.78 is 15.2. The Labute approximate surface area is 98.3 Å². The maximum absolute atomic E-state index is 13.5. The van der Waals surface area contributed by atoms with Crippen molar-refractivity contribution in [2.24, 2.45) is 5.73 Å². The van der Waals surface area contributed by atoms with E-state index >= 15 is 0 Å². The highest BCUT2D eigenvalue weighted by molar-refractivity contribution is 5.20. The number of nitrogens with two attached hydrogens (primary N) is 1. The molecule has 0 aliphatic heterocycles. The van der Waals surface area contributed by atoms with Crippen LogP contribution in [0.25, 0.3) is 0 Å². The predicted molar refractivity (Wildman–Crippen MR) is 64.0 cm³/mol. The summed E-state index contributed by atoms with van der Waals surface area (Å²) in [5, 5.41) is 0. The van der Waals surface area contributed by atoms with Crippen molar-refractivity contribution in [3.05, 3.63) is 70.4 Å². The van der Waals surface area contributed by atoms with Crippen LogP contribution < -0.4 is 11.2 Å². The maximum atomic E-state index is 13.5. The van der Waals surface area contributed by atoms with E-state index in [0.29, 0.717) is 12.1 Å². The summed E-state index contributed by atoms with van der Waals surface area (Å²) in [7, 11) is 0. The Morgan fingerprint density at radius 3 is 2.47 bits per heavy atom. The summed E-state index contributed by atoms with van der Waals surface area (Å²) in [5.74, 6) is -0.305. The predicted octanol–water partition coefficient (Wildman–Crippen LogP) is 1.69. The van der Waals surface area contributed by atoms with Gasteiger partial charge in [0.05, 0.1) is 6.04 Å². The molecule has 1 heterocycles. The van der Waals surface area contributed by atoms with Gasteiger partial charge in [0.25, 0.3) is 0 Å². The number of hydrogen-bond donors (Lipinski definition) is 1. The molecule has 88 valence electrons. The number of benzene rings is 1. The lowest BCUT2D eigenvalue weighted by atomic mass is 10.1. The molecule has 2 N–H and O–H groups in total. The molecule has 0 saturated heterocycles. The first kappa shape index (κ1) is 11.5. The summed E-state index contributed by atoms with van der Waals surface area (Å²) in [5.41, 5.74) is 6.35. The van der Waals surface area contributed by atoms with Gasteiger partial charge in [-0.25, -0.2) is 4.39 Å². The average molecular weight is 232 g/mol. The van der Waals surface area contributed by atoms with Crippen molar-refractivity contribution in [2.45, 2.75) is 12.6 Å². The van der Waals surface area contributed by atoms with Crippen molar-refractivity contribution in [3.63, 3.8) is 0 Å². The molecule has 1 unspecified atom stereocenters. The molecule has 2 aromatic rings. The second-order valence-corrected chi connectivity index (χ2v) is 3.86. The zero-order valence-electron chi connectivity index (χ0n) is 9.21. The first-order valence-electron chi connectivity index (χ1n) is 5.33. The normalized spacial score (nSPS) is 12.4. The zero-order chi connectivity index (χ0) is 12.3. The Bertz CT molecular complexity index is 545. The number of pyridine rings is 1. The summed E-state index contributed by atoms with van der Waals surface area (Å²) in [6.45, 7) is 0.432. The van der Waals surface area contributed by atoms with Gasteiger partial charge in [0.15, 0.2) is 5.43 Å². The van der Waals surface area contributed by atoms with Gasteiger partial charge in [0.1, 0.15) is 5.82 Å². The van der Waals surface area contributed by atoms with Crippen LogP contribution in [0.4, 0.5) is 4.39 Å². The highest BCUT2D eigenvalue weighted by Crippen LogP contribution is 2.15. The van der Waals surface area contributed by atoms with E-state index in [1.165, 1.54) is 18.2 Å². The third-order valence-electron chi connectivity index (χ3n) is 2.57. The van der Waals surface area contributed by atoms with Gasteiger partial charge >= 0.3 is 0 Å². The Balaban J connectivity index is 2.17. The minimum absolute atomic E-state index is 0.0549. The van der Waals surface area contributed by atoms with Gasteiger partial charge in [0, 0.05) is 36.6 Å². The van der Waals surface area contributed by atoms with Crippen LogP contribution in [0.2, 0.25) is 0 Å². The van der Waals surface area contributed by atoms with Crippen LogP contribution in [-0.2, 0) is 6.54 Å². The quantitative estimate of drug-likeness (QED) is 0.875. The molecule has 0 fully saturated rings. The SMILES string of the molecule is NC(Cn1ccc(=O)cc1)c1ccccc1F.